The lowest BCUT2D eigenvalue weighted by molar-refractivity contribution is 0.431. The number of aromatic hydroxyl groups is 1. The number of phenols is 1. The second-order valence-corrected chi connectivity index (χ2v) is 6.07. The zero-order valence-electron chi connectivity index (χ0n) is 13.4. The molecule has 0 unspecified atom stereocenters. The van der Waals surface area contributed by atoms with Crippen molar-refractivity contribution in [3.05, 3.63) is 47.9 Å². The van der Waals surface area contributed by atoms with Crippen LogP contribution in [0.25, 0.3) is 44.1 Å². The normalized spacial score (nSPS) is 11.8. The van der Waals surface area contributed by atoms with Gasteiger partial charge in [-0.25, -0.2) is 18.7 Å². The summed E-state index contributed by atoms with van der Waals surface area (Å²) in [6.45, 7) is 1.66. The number of nitrogens with zero attached hydrogens (tertiary/aromatic N) is 3. The van der Waals surface area contributed by atoms with Gasteiger partial charge in [0, 0.05) is 22.4 Å². The van der Waals surface area contributed by atoms with E-state index in [1.165, 1.54) is 0 Å². The third-order valence-electron chi connectivity index (χ3n) is 4.53. The molecule has 2 aromatic carbocycles. The molecule has 0 aliphatic rings. The van der Waals surface area contributed by atoms with Crippen LogP contribution < -0.4 is 0 Å². The van der Waals surface area contributed by atoms with Crippen LogP contribution >= 0.6 is 0 Å². The third-order valence-corrected chi connectivity index (χ3v) is 4.53. The Bertz CT molecular complexity index is 1340. The van der Waals surface area contributed by atoms with Gasteiger partial charge in [0.1, 0.15) is 5.82 Å². The van der Waals surface area contributed by atoms with Crippen molar-refractivity contribution in [1.82, 2.24) is 25.1 Å². The van der Waals surface area contributed by atoms with E-state index in [9.17, 15) is 13.9 Å². The number of aromatic amines is 2. The molecule has 3 heterocycles. The first-order valence-electron chi connectivity index (χ1n) is 7.83. The fourth-order valence-electron chi connectivity index (χ4n) is 3.34. The Morgan fingerprint density at radius 3 is 2.77 bits per heavy atom. The van der Waals surface area contributed by atoms with Gasteiger partial charge in [0.2, 0.25) is 0 Å². The number of nitrogens with one attached hydrogen (secondary N) is 2. The molecule has 0 radical (unpaired) electrons. The van der Waals surface area contributed by atoms with Crippen LogP contribution in [0, 0.1) is 18.6 Å². The Kier molecular flexibility index (Phi) is 2.83. The zero-order chi connectivity index (χ0) is 18.0. The van der Waals surface area contributed by atoms with Crippen LogP contribution in [0.5, 0.6) is 5.75 Å². The van der Waals surface area contributed by atoms with Crippen molar-refractivity contribution in [2.75, 3.05) is 0 Å². The van der Waals surface area contributed by atoms with Gasteiger partial charge in [0.25, 0.3) is 0 Å². The van der Waals surface area contributed by atoms with Crippen LogP contribution in [-0.2, 0) is 0 Å². The molecule has 5 rings (SSSR count). The Hall–Kier alpha value is -3.55. The number of phenolic OH excluding ortho intramolecular Hbond substituents is 1. The van der Waals surface area contributed by atoms with Crippen molar-refractivity contribution in [2.45, 2.75) is 6.92 Å². The first kappa shape index (κ1) is 14.8. The first-order chi connectivity index (χ1) is 12.5. The quantitative estimate of drug-likeness (QED) is 0.426. The highest BCUT2D eigenvalue weighted by atomic mass is 19.1. The average molecular weight is 351 g/mol. The maximum absolute atomic E-state index is 14.8. The van der Waals surface area contributed by atoms with Crippen LogP contribution in [0.4, 0.5) is 8.78 Å². The van der Waals surface area contributed by atoms with Gasteiger partial charge < -0.3 is 10.1 Å². The number of aryl methyl sites for hydroxylation is 1. The van der Waals surface area contributed by atoms with Crippen molar-refractivity contribution in [3.63, 3.8) is 0 Å². The van der Waals surface area contributed by atoms with E-state index in [4.69, 9.17) is 0 Å². The second kappa shape index (κ2) is 4.98. The third kappa shape index (κ3) is 1.86. The summed E-state index contributed by atoms with van der Waals surface area (Å²) in [6, 6.07) is 6.04. The lowest BCUT2D eigenvalue weighted by Crippen LogP contribution is -1.95. The number of rotatable bonds is 1. The molecule has 0 saturated carbocycles. The van der Waals surface area contributed by atoms with E-state index in [0.717, 1.165) is 17.1 Å². The largest absolute Gasteiger partial charge is 0.505 e. The molecule has 0 spiro atoms. The number of aromatic nitrogens is 5. The lowest BCUT2D eigenvalue weighted by Gasteiger charge is -2.11. The standard InChI is InChI=1S/C18H11F2N5O/c1-7-13-15-14(9(19)5-12(26)16(15)20)17(23-18(13)25-24-7)8-2-3-10-11(4-8)22-6-21-10/h2-6,26H,1H3,(H,21,22)(H,23,24,25). The van der Waals surface area contributed by atoms with E-state index >= 15 is 0 Å². The second-order valence-electron chi connectivity index (χ2n) is 6.07. The van der Waals surface area contributed by atoms with Gasteiger partial charge >= 0.3 is 0 Å². The summed E-state index contributed by atoms with van der Waals surface area (Å²) in [5.74, 6) is -2.41. The van der Waals surface area contributed by atoms with Gasteiger partial charge in [0.05, 0.1) is 34.1 Å². The van der Waals surface area contributed by atoms with Gasteiger partial charge in [0.15, 0.2) is 17.2 Å². The summed E-state index contributed by atoms with van der Waals surface area (Å²) in [6.07, 6.45) is 1.56. The van der Waals surface area contributed by atoms with Gasteiger partial charge in [-0.2, -0.15) is 5.10 Å². The molecule has 128 valence electrons. The van der Waals surface area contributed by atoms with E-state index in [-0.39, 0.29) is 16.5 Å². The Morgan fingerprint density at radius 2 is 1.92 bits per heavy atom. The fraction of sp³-hybridized carbons (Fsp3) is 0.0556. The SMILES string of the molecule is Cc1n[nH]c2nc(-c3ccc4nc[nH]c4c3)c3c(F)cc(O)c(F)c3c12. The van der Waals surface area contributed by atoms with E-state index in [0.29, 0.717) is 22.3 Å². The van der Waals surface area contributed by atoms with E-state index < -0.39 is 17.4 Å². The highest BCUT2D eigenvalue weighted by Gasteiger charge is 2.22. The van der Waals surface area contributed by atoms with Crippen molar-refractivity contribution in [1.29, 1.82) is 0 Å². The highest BCUT2D eigenvalue weighted by Crippen LogP contribution is 2.39. The van der Waals surface area contributed by atoms with Crippen molar-refractivity contribution in [3.8, 4) is 17.0 Å². The van der Waals surface area contributed by atoms with Crippen LogP contribution in [0.1, 0.15) is 5.69 Å². The molecule has 3 aromatic heterocycles. The Balaban J connectivity index is 2.00. The molecule has 0 saturated heterocycles. The van der Waals surface area contributed by atoms with Crippen LogP contribution in [-0.4, -0.2) is 30.3 Å². The molecule has 26 heavy (non-hydrogen) atoms. The number of hydrogen-bond donors (Lipinski definition) is 3. The summed E-state index contributed by atoms with van der Waals surface area (Å²) in [5, 5.41) is 16.9. The number of pyridine rings is 1. The molecule has 0 bridgehead atoms. The molecule has 0 aliphatic carbocycles. The van der Waals surface area contributed by atoms with Crippen molar-refractivity contribution < 1.29 is 13.9 Å². The minimum Gasteiger partial charge on any atom is -0.505 e. The maximum atomic E-state index is 14.8. The van der Waals surface area contributed by atoms with Gasteiger partial charge in [-0.15, -0.1) is 0 Å². The van der Waals surface area contributed by atoms with Crippen molar-refractivity contribution in [2.24, 2.45) is 0 Å². The van der Waals surface area contributed by atoms with Gasteiger partial charge in [-0.05, 0) is 19.1 Å². The first-order valence-corrected chi connectivity index (χ1v) is 7.83. The fourth-order valence-corrected chi connectivity index (χ4v) is 3.34. The summed E-state index contributed by atoms with van der Waals surface area (Å²) in [7, 11) is 0. The summed E-state index contributed by atoms with van der Waals surface area (Å²) in [4.78, 5) is 11.6. The topological polar surface area (TPSA) is 90.5 Å². The molecule has 0 amide bonds. The van der Waals surface area contributed by atoms with Crippen molar-refractivity contribution >= 4 is 32.8 Å². The summed E-state index contributed by atoms with van der Waals surface area (Å²) in [5.41, 5.74) is 3.13. The smallest absolute Gasteiger partial charge is 0.173 e. The minimum absolute atomic E-state index is 0.00355. The van der Waals surface area contributed by atoms with E-state index in [1.807, 2.05) is 0 Å². The molecule has 0 fully saturated rings. The Labute approximate surface area is 144 Å². The molecule has 8 heteroatoms. The number of hydrogen-bond acceptors (Lipinski definition) is 4. The van der Waals surface area contributed by atoms with Gasteiger partial charge in [-0.3, -0.25) is 5.10 Å². The Morgan fingerprint density at radius 1 is 1.08 bits per heavy atom. The highest BCUT2D eigenvalue weighted by molar-refractivity contribution is 6.12. The number of fused-ring (bicyclic) bond motifs is 4. The van der Waals surface area contributed by atoms with Crippen LogP contribution in [0.3, 0.4) is 0 Å². The predicted molar refractivity (Wildman–Crippen MR) is 92.8 cm³/mol. The number of H-pyrrole nitrogens is 2. The average Bonchev–Trinajstić information content (AvgIpc) is 3.24. The van der Waals surface area contributed by atoms with Crippen LogP contribution in [0.15, 0.2) is 30.6 Å². The summed E-state index contributed by atoms with van der Waals surface area (Å²) < 4.78 is 29.5. The molecule has 0 aliphatic heterocycles. The van der Waals surface area contributed by atoms with Gasteiger partial charge in [-0.1, -0.05) is 6.07 Å². The predicted octanol–water partition coefficient (Wildman–Crippen LogP) is 3.95. The summed E-state index contributed by atoms with van der Waals surface area (Å²) >= 11 is 0. The van der Waals surface area contributed by atoms with E-state index in [1.54, 1.807) is 31.5 Å². The number of benzene rings is 2. The molecule has 3 N–H and O–H groups in total. The molecular weight excluding hydrogens is 340 g/mol. The lowest BCUT2D eigenvalue weighted by atomic mass is 9.99. The maximum Gasteiger partial charge on any atom is 0.173 e. The molecular formula is C18H11F2N5O. The monoisotopic (exact) mass is 351 g/mol. The number of imidazole rings is 1. The minimum atomic E-state index is -0.901. The molecule has 6 nitrogen and oxygen atoms in total. The van der Waals surface area contributed by atoms with E-state index in [2.05, 4.69) is 25.1 Å². The molecule has 0 atom stereocenters. The van der Waals surface area contributed by atoms with Crippen LogP contribution in [0.2, 0.25) is 0 Å². The number of halogens is 2. The zero-order valence-corrected chi connectivity index (χ0v) is 13.4. The molecule has 5 aromatic rings.